The Kier molecular flexibility index (Phi) is 3.98. The van der Waals surface area contributed by atoms with Gasteiger partial charge in [0.25, 0.3) is 0 Å². The number of primary amides is 1. The Morgan fingerprint density at radius 1 is 1.35 bits per heavy atom. The molecule has 5 nitrogen and oxygen atoms in total. The summed E-state index contributed by atoms with van der Waals surface area (Å²) in [6.45, 7) is 7.78. The Morgan fingerprint density at radius 2 is 2.04 bits per heavy atom. The molecule has 23 heavy (non-hydrogen) atoms. The summed E-state index contributed by atoms with van der Waals surface area (Å²) >= 11 is 0. The molecule has 2 aromatic rings. The average molecular weight is 312 g/mol. The van der Waals surface area contributed by atoms with Crippen LogP contribution in [-0.4, -0.2) is 27.0 Å². The molecular weight excluding hydrogens is 288 g/mol. The van der Waals surface area contributed by atoms with Gasteiger partial charge in [0.2, 0.25) is 5.91 Å². The standard InChI is InChI=1S/C18H24N4O/c1-18(2,3)16-9-14(20-21-16)11-22-10-13-7-5-4-6-12(13)8-15(22)17(19)23/h4-7,9,15H,8,10-11H2,1-3H3,(H2,19,23)(H,20,21)/t15-/m0/s1. The van der Waals surface area contributed by atoms with Crippen LogP contribution in [0.15, 0.2) is 30.3 Å². The van der Waals surface area contributed by atoms with E-state index in [4.69, 9.17) is 5.73 Å². The maximum atomic E-state index is 11.9. The first-order valence-electron chi connectivity index (χ1n) is 7.99. The predicted molar refractivity (Wildman–Crippen MR) is 89.7 cm³/mol. The van der Waals surface area contributed by atoms with Gasteiger partial charge in [-0.25, -0.2) is 0 Å². The molecule has 1 atom stereocenters. The maximum absolute atomic E-state index is 11.9. The number of aromatic nitrogens is 2. The average Bonchev–Trinajstić information content (AvgIpc) is 2.95. The number of hydrogen-bond acceptors (Lipinski definition) is 3. The molecule has 3 N–H and O–H groups in total. The molecule has 0 bridgehead atoms. The van der Waals surface area contributed by atoms with E-state index in [2.05, 4.69) is 54.1 Å². The number of rotatable bonds is 3. The maximum Gasteiger partial charge on any atom is 0.235 e. The quantitative estimate of drug-likeness (QED) is 0.911. The minimum atomic E-state index is -0.272. The largest absolute Gasteiger partial charge is 0.368 e. The van der Waals surface area contributed by atoms with Crippen LogP contribution in [0.1, 0.15) is 43.3 Å². The highest BCUT2D eigenvalue weighted by atomic mass is 16.1. The van der Waals surface area contributed by atoms with Crippen molar-refractivity contribution in [1.29, 1.82) is 0 Å². The van der Waals surface area contributed by atoms with Gasteiger partial charge in [0.05, 0.1) is 11.7 Å². The summed E-state index contributed by atoms with van der Waals surface area (Å²) in [5.41, 5.74) is 10.2. The molecule has 5 heteroatoms. The molecule has 0 saturated carbocycles. The van der Waals surface area contributed by atoms with E-state index < -0.39 is 0 Å². The zero-order chi connectivity index (χ0) is 16.6. The van der Waals surface area contributed by atoms with E-state index in [9.17, 15) is 4.79 Å². The van der Waals surface area contributed by atoms with E-state index in [0.29, 0.717) is 13.0 Å². The molecule has 1 aliphatic rings. The topological polar surface area (TPSA) is 75.0 Å². The van der Waals surface area contributed by atoms with Crippen LogP contribution >= 0.6 is 0 Å². The van der Waals surface area contributed by atoms with Gasteiger partial charge in [0, 0.05) is 24.2 Å². The van der Waals surface area contributed by atoms with Crippen molar-refractivity contribution in [3.8, 4) is 0 Å². The smallest absolute Gasteiger partial charge is 0.235 e. The van der Waals surface area contributed by atoms with Crippen molar-refractivity contribution in [2.45, 2.75) is 51.7 Å². The van der Waals surface area contributed by atoms with E-state index in [1.54, 1.807) is 0 Å². The minimum Gasteiger partial charge on any atom is -0.368 e. The lowest BCUT2D eigenvalue weighted by Gasteiger charge is -2.34. The van der Waals surface area contributed by atoms with E-state index >= 15 is 0 Å². The number of amides is 1. The third-order valence-electron chi connectivity index (χ3n) is 4.45. The van der Waals surface area contributed by atoms with Crippen molar-refractivity contribution in [1.82, 2.24) is 15.1 Å². The lowest BCUT2D eigenvalue weighted by atomic mass is 9.92. The fourth-order valence-electron chi connectivity index (χ4n) is 3.07. The van der Waals surface area contributed by atoms with Gasteiger partial charge in [-0.05, 0) is 23.6 Å². The number of carbonyl (C=O) groups is 1. The number of nitrogens with two attached hydrogens (primary N) is 1. The minimum absolute atomic E-state index is 0.00629. The van der Waals surface area contributed by atoms with Gasteiger partial charge in [-0.1, -0.05) is 45.0 Å². The Bertz CT molecular complexity index is 714. The van der Waals surface area contributed by atoms with Gasteiger partial charge in [0.15, 0.2) is 0 Å². The van der Waals surface area contributed by atoms with Gasteiger partial charge in [-0.2, -0.15) is 5.10 Å². The predicted octanol–water partition coefficient (Wildman–Crippen LogP) is 2.12. The first kappa shape index (κ1) is 15.7. The van der Waals surface area contributed by atoms with Crippen LogP contribution in [-0.2, 0) is 29.7 Å². The van der Waals surface area contributed by atoms with Crippen LogP contribution in [0.4, 0.5) is 0 Å². The number of H-pyrrole nitrogens is 1. The molecule has 0 radical (unpaired) electrons. The van der Waals surface area contributed by atoms with Crippen molar-refractivity contribution in [2.75, 3.05) is 0 Å². The molecule has 0 aliphatic carbocycles. The molecule has 0 unspecified atom stereocenters. The second kappa shape index (κ2) is 5.81. The molecule has 0 spiro atoms. The normalized spacial score (nSPS) is 18.7. The van der Waals surface area contributed by atoms with Crippen LogP contribution in [0.3, 0.4) is 0 Å². The summed E-state index contributed by atoms with van der Waals surface area (Å²) in [6, 6.07) is 10.1. The Labute approximate surface area is 136 Å². The summed E-state index contributed by atoms with van der Waals surface area (Å²) in [5, 5.41) is 7.50. The monoisotopic (exact) mass is 312 g/mol. The van der Waals surface area contributed by atoms with Crippen LogP contribution in [0.25, 0.3) is 0 Å². The van der Waals surface area contributed by atoms with E-state index in [0.717, 1.165) is 17.9 Å². The highest BCUT2D eigenvalue weighted by Gasteiger charge is 2.30. The van der Waals surface area contributed by atoms with Gasteiger partial charge in [-0.3, -0.25) is 14.8 Å². The first-order chi connectivity index (χ1) is 10.8. The fourth-order valence-corrected chi connectivity index (χ4v) is 3.07. The Balaban J connectivity index is 1.83. The SMILES string of the molecule is CC(C)(C)c1cc(CN2Cc3ccccc3C[C@H]2C(N)=O)[nH]n1. The molecule has 1 aliphatic heterocycles. The number of aromatic amines is 1. The van der Waals surface area contributed by atoms with Crippen molar-refractivity contribution < 1.29 is 4.79 Å². The van der Waals surface area contributed by atoms with Crippen LogP contribution in [0, 0.1) is 0 Å². The molecule has 2 heterocycles. The molecule has 1 amide bonds. The zero-order valence-corrected chi connectivity index (χ0v) is 14.0. The highest BCUT2D eigenvalue weighted by molar-refractivity contribution is 5.80. The molecule has 0 saturated heterocycles. The number of nitrogens with one attached hydrogen (secondary N) is 1. The second-order valence-corrected chi connectivity index (χ2v) is 7.32. The van der Waals surface area contributed by atoms with Crippen LogP contribution in [0.5, 0.6) is 0 Å². The third-order valence-corrected chi connectivity index (χ3v) is 4.45. The van der Waals surface area contributed by atoms with Crippen molar-refractivity contribution in [2.24, 2.45) is 5.73 Å². The summed E-state index contributed by atoms with van der Waals surface area (Å²) in [5.74, 6) is -0.268. The van der Waals surface area contributed by atoms with Crippen LogP contribution < -0.4 is 5.73 Å². The van der Waals surface area contributed by atoms with Gasteiger partial charge >= 0.3 is 0 Å². The van der Waals surface area contributed by atoms with Crippen molar-refractivity contribution in [3.63, 3.8) is 0 Å². The molecule has 1 aromatic heterocycles. The lowest BCUT2D eigenvalue weighted by molar-refractivity contribution is -0.124. The van der Waals surface area contributed by atoms with Gasteiger partial charge < -0.3 is 5.73 Å². The molecule has 1 aromatic carbocycles. The van der Waals surface area contributed by atoms with Crippen LogP contribution in [0.2, 0.25) is 0 Å². The fraction of sp³-hybridized carbons (Fsp3) is 0.444. The van der Waals surface area contributed by atoms with E-state index in [1.807, 2.05) is 12.1 Å². The lowest BCUT2D eigenvalue weighted by Crippen LogP contribution is -2.48. The number of carbonyl (C=O) groups excluding carboxylic acids is 1. The Morgan fingerprint density at radius 3 is 2.65 bits per heavy atom. The number of fused-ring (bicyclic) bond motifs is 1. The first-order valence-corrected chi connectivity index (χ1v) is 7.99. The van der Waals surface area contributed by atoms with Gasteiger partial charge in [0.1, 0.15) is 0 Å². The third kappa shape index (κ3) is 3.29. The van der Waals surface area contributed by atoms with Crippen molar-refractivity contribution in [3.05, 3.63) is 52.8 Å². The summed E-state index contributed by atoms with van der Waals surface area (Å²) in [4.78, 5) is 14.0. The second-order valence-electron chi connectivity index (χ2n) is 7.32. The number of benzene rings is 1. The summed E-state index contributed by atoms with van der Waals surface area (Å²) < 4.78 is 0. The summed E-state index contributed by atoms with van der Waals surface area (Å²) in [6.07, 6.45) is 0.672. The molecular formula is C18H24N4O. The van der Waals surface area contributed by atoms with E-state index in [1.165, 1.54) is 11.1 Å². The summed E-state index contributed by atoms with van der Waals surface area (Å²) in [7, 11) is 0. The van der Waals surface area contributed by atoms with Gasteiger partial charge in [-0.15, -0.1) is 0 Å². The number of nitrogens with zero attached hydrogens (tertiary/aromatic N) is 2. The molecule has 0 fully saturated rings. The molecule has 122 valence electrons. The Hall–Kier alpha value is -2.14. The highest BCUT2D eigenvalue weighted by Crippen LogP contribution is 2.26. The van der Waals surface area contributed by atoms with Crippen molar-refractivity contribution >= 4 is 5.91 Å². The van der Waals surface area contributed by atoms with E-state index in [-0.39, 0.29) is 17.4 Å². The number of hydrogen-bond donors (Lipinski definition) is 2. The molecule has 3 rings (SSSR count). The zero-order valence-electron chi connectivity index (χ0n) is 14.0.